The van der Waals surface area contributed by atoms with Crippen molar-refractivity contribution in [1.29, 1.82) is 0 Å². The zero-order valence-electron chi connectivity index (χ0n) is 17.7. The minimum atomic E-state index is 0.311. The van der Waals surface area contributed by atoms with Crippen molar-refractivity contribution in [3.8, 4) is 5.75 Å². The van der Waals surface area contributed by atoms with Gasteiger partial charge in [-0.2, -0.15) is 0 Å². The van der Waals surface area contributed by atoms with Crippen LogP contribution in [0.4, 0.5) is 0 Å². The summed E-state index contributed by atoms with van der Waals surface area (Å²) in [5.74, 6) is 0.311. The highest BCUT2D eigenvalue weighted by atomic mass is 16.3. The molecule has 1 heterocycles. The Hall–Kier alpha value is -3.36. The second-order valence-electron chi connectivity index (χ2n) is 8.28. The third-order valence-electron chi connectivity index (χ3n) is 6.28. The number of fused-ring (bicyclic) bond motifs is 2. The molecule has 1 aliphatic heterocycles. The van der Waals surface area contributed by atoms with Crippen molar-refractivity contribution in [2.24, 2.45) is 0 Å². The lowest BCUT2D eigenvalue weighted by molar-refractivity contribution is 0.284. The molecule has 0 amide bonds. The lowest BCUT2D eigenvalue weighted by Crippen LogP contribution is -2.31. The molecule has 3 aromatic carbocycles. The second kappa shape index (κ2) is 8.79. The molecule has 0 spiro atoms. The molecule has 0 bridgehead atoms. The van der Waals surface area contributed by atoms with Crippen LogP contribution in [0, 0.1) is 0 Å². The minimum absolute atomic E-state index is 0.311. The molecule has 1 aliphatic carbocycles. The number of rotatable bonds is 3. The number of hydrogen-bond acceptors (Lipinski definition) is 2. The van der Waals surface area contributed by atoms with Gasteiger partial charge >= 0.3 is 0 Å². The van der Waals surface area contributed by atoms with Gasteiger partial charge in [0.25, 0.3) is 0 Å². The van der Waals surface area contributed by atoms with E-state index in [-0.39, 0.29) is 0 Å². The molecular weight excluding hydrogens is 378 g/mol. The third kappa shape index (κ3) is 4.26. The van der Waals surface area contributed by atoms with Gasteiger partial charge in [0, 0.05) is 19.6 Å². The Morgan fingerprint density at radius 2 is 1.32 bits per heavy atom. The molecule has 154 valence electrons. The highest BCUT2D eigenvalue weighted by Gasteiger charge is 2.21. The molecule has 0 radical (unpaired) electrons. The molecule has 0 saturated carbocycles. The van der Waals surface area contributed by atoms with E-state index in [2.05, 4.69) is 77.7 Å². The Balaban J connectivity index is 1.36. The SMILES string of the molecule is Oc1ccc(/C=C/CN2CCC(=C3c4ccccc4C=Cc4ccccc43)CC2)cc1. The van der Waals surface area contributed by atoms with Crippen molar-refractivity contribution in [3.05, 3.63) is 112 Å². The summed E-state index contributed by atoms with van der Waals surface area (Å²) in [6.07, 6.45) is 11.1. The lowest BCUT2D eigenvalue weighted by Gasteiger charge is -2.29. The van der Waals surface area contributed by atoms with Crippen LogP contribution in [0.1, 0.15) is 40.7 Å². The van der Waals surface area contributed by atoms with Crippen LogP contribution in [0.2, 0.25) is 0 Å². The van der Waals surface area contributed by atoms with E-state index in [9.17, 15) is 5.11 Å². The van der Waals surface area contributed by atoms with Crippen LogP contribution in [-0.2, 0) is 0 Å². The highest BCUT2D eigenvalue weighted by Crippen LogP contribution is 2.38. The zero-order chi connectivity index (χ0) is 21.0. The Labute approximate surface area is 184 Å². The van der Waals surface area contributed by atoms with Crippen molar-refractivity contribution >= 4 is 23.8 Å². The van der Waals surface area contributed by atoms with Crippen LogP contribution in [0.3, 0.4) is 0 Å². The van der Waals surface area contributed by atoms with Crippen LogP contribution >= 0.6 is 0 Å². The van der Waals surface area contributed by atoms with E-state index in [1.165, 1.54) is 27.8 Å². The first-order valence-electron chi connectivity index (χ1n) is 11.0. The fourth-order valence-corrected chi connectivity index (χ4v) is 4.62. The maximum Gasteiger partial charge on any atom is 0.115 e. The molecule has 2 aliphatic rings. The van der Waals surface area contributed by atoms with Crippen molar-refractivity contribution in [2.75, 3.05) is 19.6 Å². The molecular formula is C29H27NO. The Kier molecular flexibility index (Phi) is 5.56. The average molecular weight is 406 g/mol. The minimum Gasteiger partial charge on any atom is -0.508 e. The van der Waals surface area contributed by atoms with Gasteiger partial charge in [-0.3, -0.25) is 4.90 Å². The normalized spacial score (nSPS) is 16.3. The number of phenolic OH excluding ortho intramolecular Hbond substituents is 1. The summed E-state index contributed by atoms with van der Waals surface area (Å²) in [4.78, 5) is 2.52. The zero-order valence-corrected chi connectivity index (χ0v) is 17.7. The maximum atomic E-state index is 9.42. The molecule has 5 rings (SSSR count). The van der Waals surface area contributed by atoms with E-state index in [1.54, 1.807) is 17.7 Å². The summed E-state index contributed by atoms with van der Waals surface area (Å²) >= 11 is 0. The fraction of sp³-hybridized carbons (Fsp3) is 0.172. The molecule has 1 N–H and O–H groups in total. The van der Waals surface area contributed by atoms with Crippen molar-refractivity contribution in [1.82, 2.24) is 4.90 Å². The molecule has 0 aromatic heterocycles. The van der Waals surface area contributed by atoms with Gasteiger partial charge in [0.05, 0.1) is 0 Å². The predicted molar refractivity (Wildman–Crippen MR) is 131 cm³/mol. The Morgan fingerprint density at radius 3 is 1.94 bits per heavy atom. The standard InChI is InChI=1S/C29H27NO/c31-26-15-11-22(12-16-26)6-5-19-30-20-17-25(18-21-30)29-27-9-3-1-7-23(27)13-14-24-8-2-4-10-28(24)29/h1-16,31H,17-21H2/b6-5+. The number of benzene rings is 3. The summed E-state index contributed by atoms with van der Waals surface area (Å²) in [5, 5.41) is 9.42. The summed E-state index contributed by atoms with van der Waals surface area (Å²) in [6.45, 7) is 3.12. The molecule has 0 unspecified atom stereocenters. The summed E-state index contributed by atoms with van der Waals surface area (Å²) < 4.78 is 0. The van der Waals surface area contributed by atoms with Gasteiger partial charge in [-0.15, -0.1) is 0 Å². The fourth-order valence-electron chi connectivity index (χ4n) is 4.62. The largest absolute Gasteiger partial charge is 0.508 e. The summed E-state index contributed by atoms with van der Waals surface area (Å²) in [7, 11) is 0. The predicted octanol–water partition coefficient (Wildman–Crippen LogP) is 6.49. The summed E-state index contributed by atoms with van der Waals surface area (Å²) in [5.41, 5.74) is 9.47. The van der Waals surface area contributed by atoms with E-state index in [4.69, 9.17) is 0 Å². The van der Waals surface area contributed by atoms with Gasteiger partial charge in [-0.25, -0.2) is 0 Å². The maximum absolute atomic E-state index is 9.42. The van der Waals surface area contributed by atoms with E-state index in [1.807, 2.05) is 12.1 Å². The van der Waals surface area contributed by atoms with Gasteiger partial charge in [0.15, 0.2) is 0 Å². The van der Waals surface area contributed by atoms with Gasteiger partial charge in [0.1, 0.15) is 5.75 Å². The van der Waals surface area contributed by atoms with Gasteiger partial charge in [-0.1, -0.05) is 90.5 Å². The smallest absolute Gasteiger partial charge is 0.115 e. The number of phenols is 1. The van der Waals surface area contributed by atoms with Gasteiger partial charge in [0.2, 0.25) is 0 Å². The molecule has 1 fully saturated rings. The first-order valence-corrected chi connectivity index (χ1v) is 11.0. The number of piperidine rings is 1. The van der Waals surface area contributed by atoms with E-state index in [0.29, 0.717) is 5.75 Å². The molecule has 0 atom stereocenters. The topological polar surface area (TPSA) is 23.5 Å². The van der Waals surface area contributed by atoms with Crippen LogP contribution in [0.25, 0.3) is 23.8 Å². The van der Waals surface area contributed by atoms with E-state index in [0.717, 1.165) is 38.0 Å². The van der Waals surface area contributed by atoms with E-state index >= 15 is 0 Å². The molecule has 31 heavy (non-hydrogen) atoms. The Morgan fingerprint density at radius 1 is 0.742 bits per heavy atom. The van der Waals surface area contributed by atoms with Crippen molar-refractivity contribution in [2.45, 2.75) is 12.8 Å². The molecule has 1 saturated heterocycles. The highest BCUT2D eigenvalue weighted by molar-refractivity contribution is 5.94. The van der Waals surface area contributed by atoms with E-state index < -0.39 is 0 Å². The monoisotopic (exact) mass is 405 g/mol. The number of aromatic hydroxyl groups is 1. The average Bonchev–Trinajstić information content (AvgIpc) is 2.98. The Bertz CT molecular complexity index is 1110. The van der Waals surface area contributed by atoms with Gasteiger partial charge in [-0.05, 0) is 58.4 Å². The first kappa shape index (κ1) is 19.6. The van der Waals surface area contributed by atoms with Crippen LogP contribution in [0.5, 0.6) is 5.75 Å². The number of likely N-dealkylation sites (tertiary alicyclic amines) is 1. The lowest BCUT2D eigenvalue weighted by atomic mass is 9.86. The quantitative estimate of drug-likeness (QED) is 0.421. The number of hydrogen-bond donors (Lipinski definition) is 1. The van der Waals surface area contributed by atoms with Crippen LogP contribution in [0.15, 0.2) is 84.4 Å². The molecule has 2 heteroatoms. The van der Waals surface area contributed by atoms with Gasteiger partial charge < -0.3 is 5.11 Å². The first-order chi connectivity index (χ1) is 15.3. The third-order valence-corrected chi connectivity index (χ3v) is 6.28. The van der Waals surface area contributed by atoms with Crippen molar-refractivity contribution in [3.63, 3.8) is 0 Å². The molecule has 3 aromatic rings. The number of nitrogens with zero attached hydrogens (tertiary/aromatic N) is 1. The van der Waals surface area contributed by atoms with Crippen LogP contribution in [-0.4, -0.2) is 29.6 Å². The summed E-state index contributed by atoms with van der Waals surface area (Å²) in [6, 6.07) is 24.9. The second-order valence-corrected chi connectivity index (χ2v) is 8.28. The van der Waals surface area contributed by atoms with Crippen LogP contribution < -0.4 is 0 Å². The molecule has 2 nitrogen and oxygen atoms in total. The van der Waals surface area contributed by atoms with Crippen molar-refractivity contribution < 1.29 is 5.11 Å².